The molecule has 0 bridgehead atoms. The van der Waals surface area contributed by atoms with Gasteiger partial charge in [-0.05, 0) is 43.4 Å². The van der Waals surface area contributed by atoms with E-state index in [0.717, 1.165) is 55.7 Å². The van der Waals surface area contributed by atoms with Gasteiger partial charge in [0, 0.05) is 18.1 Å². The van der Waals surface area contributed by atoms with Gasteiger partial charge in [-0.15, -0.1) is 0 Å². The van der Waals surface area contributed by atoms with Gasteiger partial charge < -0.3 is 10.6 Å². The second kappa shape index (κ2) is 5.98. The molecule has 2 fully saturated rings. The van der Waals surface area contributed by atoms with E-state index < -0.39 is 0 Å². The van der Waals surface area contributed by atoms with Crippen LogP contribution in [0.3, 0.4) is 0 Å². The van der Waals surface area contributed by atoms with Crippen molar-refractivity contribution < 1.29 is 4.79 Å². The third-order valence-electron chi connectivity index (χ3n) is 5.15. The molecule has 4 heteroatoms. The van der Waals surface area contributed by atoms with Crippen LogP contribution in [0.5, 0.6) is 0 Å². The number of likely N-dealkylation sites (tertiary alicyclic amines) is 1. The van der Waals surface area contributed by atoms with Gasteiger partial charge >= 0.3 is 0 Å². The van der Waals surface area contributed by atoms with Crippen molar-refractivity contribution in [1.82, 2.24) is 4.90 Å². The molecule has 3 nitrogen and oxygen atoms in total. The lowest BCUT2D eigenvalue weighted by Crippen LogP contribution is -2.46. The number of rotatable bonds is 3. The number of hydrogen-bond acceptors (Lipinski definition) is 2. The maximum absolute atomic E-state index is 13.1. The Morgan fingerprint density at radius 2 is 2.10 bits per heavy atom. The Bertz CT molecular complexity index is 525. The molecule has 1 aliphatic heterocycles. The number of nitrogens with two attached hydrogens (primary N) is 1. The third kappa shape index (κ3) is 2.69. The molecular formula is C17H23ClN2O. The molecule has 0 radical (unpaired) electrons. The molecule has 1 aromatic rings. The van der Waals surface area contributed by atoms with Crippen LogP contribution >= 0.6 is 11.6 Å². The summed E-state index contributed by atoms with van der Waals surface area (Å²) in [7, 11) is 0. The Labute approximate surface area is 131 Å². The van der Waals surface area contributed by atoms with Crippen molar-refractivity contribution in [2.24, 2.45) is 11.1 Å². The highest BCUT2D eigenvalue weighted by Crippen LogP contribution is 2.43. The minimum Gasteiger partial charge on any atom is -0.335 e. The van der Waals surface area contributed by atoms with Gasteiger partial charge in [0.15, 0.2) is 0 Å². The average Bonchev–Trinajstić information content (AvgIpc) is 3.16. The highest BCUT2D eigenvalue weighted by atomic mass is 35.5. The zero-order valence-electron chi connectivity index (χ0n) is 12.4. The Hall–Kier alpha value is -1.06. The van der Waals surface area contributed by atoms with Crippen LogP contribution < -0.4 is 5.73 Å². The van der Waals surface area contributed by atoms with Gasteiger partial charge in [0.2, 0.25) is 5.91 Å². The molecule has 3 rings (SSSR count). The summed E-state index contributed by atoms with van der Waals surface area (Å²) >= 11 is 6.11. The van der Waals surface area contributed by atoms with E-state index in [2.05, 4.69) is 11.0 Å². The van der Waals surface area contributed by atoms with Crippen LogP contribution in [0.1, 0.15) is 50.1 Å². The molecule has 1 unspecified atom stereocenters. The molecule has 1 saturated carbocycles. The first-order valence-electron chi connectivity index (χ1n) is 7.93. The fourth-order valence-corrected chi connectivity index (χ4v) is 4.13. The fraction of sp³-hybridized carbons (Fsp3) is 0.588. The molecule has 21 heavy (non-hydrogen) atoms. The molecule has 114 valence electrons. The molecule has 2 aliphatic rings. The summed E-state index contributed by atoms with van der Waals surface area (Å²) in [5.74, 6) is 0.268. The maximum Gasteiger partial charge on any atom is 0.230 e. The second-order valence-electron chi connectivity index (χ2n) is 6.40. The second-order valence-corrected chi connectivity index (χ2v) is 6.84. The highest BCUT2D eigenvalue weighted by Gasteiger charge is 2.45. The SMILES string of the molecule is NCC1(C(=O)N2CCCC2c2cccc(Cl)c2)CCCC1. The summed E-state index contributed by atoms with van der Waals surface area (Å²) in [5, 5.41) is 0.737. The van der Waals surface area contributed by atoms with Crippen molar-refractivity contribution >= 4 is 17.5 Å². The minimum absolute atomic E-state index is 0.167. The quantitative estimate of drug-likeness (QED) is 0.928. The predicted molar refractivity (Wildman–Crippen MR) is 85.1 cm³/mol. The standard InChI is InChI=1S/C17H23ClN2O/c18-14-6-3-5-13(11-14)15-7-4-10-20(15)16(21)17(12-19)8-1-2-9-17/h3,5-6,11,15H,1-2,4,7-10,12,19H2. The van der Waals surface area contributed by atoms with Gasteiger partial charge in [0.05, 0.1) is 11.5 Å². The zero-order valence-corrected chi connectivity index (χ0v) is 13.1. The molecule has 1 aliphatic carbocycles. The van der Waals surface area contributed by atoms with E-state index in [1.165, 1.54) is 0 Å². The number of nitrogens with zero attached hydrogens (tertiary/aromatic N) is 1. The Morgan fingerprint density at radius 3 is 2.76 bits per heavy atom. The molecule has 0 spiro atoms. The first-order valence-corrected chi connectivity index (χ1v) is 8.31. The number of hydrogen-bond donors (Lipinski definition) is 1. The molecule has 1 amide bonds. The smallest absolute Gasteiger partial charge is 0.230 e. The first-order chi connectivity index (χ1) is 10.2. The minimum atomic E-state index is -0.304. The topological polar surface area (TPSA) is 46.3 Å². The van der Waals surface area contributed by atoms with Crippen LogP contribution in [-0.2, 0) is 4.79 Å². The number of carbonyl (C=O) groups excluding carboxylic acids is 1. The predicted octanol–water partition coefficient (Wildman–Crippen LogP) is 3.52. The first kappa shape index (κ1) is 14.9. The van der Waals surface area contributed by atoms with Crippen LogP contribution in [0.4, 0.5) is 0 Å². The maximum atomic E-state index is 13.1. The van der Waals surface area contributed by atoms with Crippen molar-refractivity contribution in [3.05, 3.63) is 34.9 Å². The van der Waals surface area contributed by atoms with Gasteiger partial charge in [-0.3, -0.25) is 4.79 Å². The normalized spacial score (nSPS) is 24.5. The van der Waals surface area contributed by atoms with Crippen LogP contribution in [0, 0.1) is 5.41 Å². The van der Waals surface area contributed by atoms with E-state index in [1.54, 1.807) is 0 Å². The van der Waals surface area contributed by atoms with Crippen molar-refractivity contribution in [2.45, 2.75) is 44.6 Å². The average molecular weight is 307 g/mol. The summed E-state index contributed by atoms with van der Waals surface area (Å²) in [6.45, 7) is 1.32. The number of halogens is 1. The van der Waals surface area contributed by atoms with Crippen molar-refractivity contribution in [3.63, 3.8) is 0 Å². The van der Waals surface area contributed by atoms with Gasteiger partial charge in [-0.1, -0.05) is 36.6 Å². The summed E-state index contributed by atoms with van der Waals surface area (Å²) < 4.78 is 0. The number of carbonyl (C=O) groups is 1. The fourth-order valence-electron chi connectivity index (χ4n) is 3.93. The summed E-state index contributed by atoms with van der Waals surface area (Å²) in [6, 6.07) is 8.07. The lowest BCUT2D eigenvalue weighted by atomic mass is 9.84. The van der Waals surface area contributed by atoms with E-state index in [0.29, 0.717) is 6.54 Å². The molecule has 1 heterocycles. The lowest BCUT2D eigenvalue weighted by molar-refractivity contribution is -0.142. The highest BCUT2D eigenvalue weighted by molar-refractivity contribution is 6.30. The van der Waals surface area contributed by atoms with Crippen molar-refractivity contribution in [1.29, 1.82) is 0 Å². The van der Waals surface area contributed by atoms with E-state index in [9.17, 15) is 4.79 Å². The van der Waals surface area contributed by atoms with Gasteiger partial charge in [-0.2, -0.15) is 0 Å². The Kier molecular flexibility index (Phi) is 4.23. The van der Waals surface area contributed by atoms with Gasteiger partial charge in [0.25, 0.3) is 0 Å². The third-order valence-corrected chi connectivity index (χ3v) is 5.39. The molecule has 0 aromatic heterocycles. The largest absolute Gasteiger partial charge is 0.335 e. The van der Waals surface area contributed by atoms with Crippen molar-refractivity contribution in [3.8, 4) is 0 Å². The zero-order chi connectivity index (χ0) is 14.9. The Morgan fingerprint density at radius 1 is 1.33 bits per heavy atom. The van der Waals surface area contributed by atoms with E-state index in [1.807, 2.05) is 18.2 Å². The molecule has 1 aromatic carbocycles. The van der Waals surface area contributed by atoms with Crippen LogP contribution in [0.2, 0.25) is 5.02 Å². The summed E-state index contributed by atoms with van der Waals surface area (Å²) in [4.78, 5) is 15.1. The molecule has 1 saturated heterocycles. The summed E-state index contributed by atoms with van der Waals surface area (Å²) in [5.41, 5.74) is 6.82. The number of benzene rings is 1. The van der Waals surface area contributed by atoms with E-state index in [4.69, 9.17) is 17.3 Å². The van der Waals surface area contributed by atoms with Crippen LogP contribution in [-0.4, -0.2) is 23.9 Å². The van der Waals surface area contributed by atoms with E-state index >= 15 is 0 Å². The van der Waals surface area contributed by atoms with Crippen LogP contribution in [0.25, 0.3) is 0 Å². The van der Waals surface area contributed by atoms with E-state index in [-0.39, 0.29) is 17.4 Å². The van der Waals surface area contributed by atoms with Crippen molar-refractivity contribution in [2.75, 3.05) is 13.1 Å². The molecule has 2 N–H and O–H groups in total. The Balaban J connectivity index is 1.85. The molecular weight excluding hydrogens is 284 g/mol. The van der Waals surface area contributed by atoms with Gasteiger partial charge in [0.1, 0.15) is 0 Å². The van der Waals surface area contributed by atoms with Gasteiger partial charge in [-0.25, -0.2) is 0 Å². The summed E-state index contributed by atoms with van der Waals surface area (Å²) in [6.07, 6.45) is 6.22. The number of amides is 1. The van der Waals surface area contributed by atoms with Crippen LogP contribution in [0.15, 0.2) is 24.3 Å². The molecule has 1 atom stereocenters. The monoisotopic (exact) mass is 306 g/mol. The lowest BCUT2D eigenvalue weighted by Gasteiger charge is -2.35.